The van der Waals surface area contributed by atoms with E-state index in [-0.39, 0.29) is 0 Å². The molecule has 2 heteroatoms. The van der Waals surface area contributed by atoms with Gasteiger partial charge in [-0.25, -0.2) is 0 Å². The Morgan fingerprint density at radius 2 is 2.18 bits per heavy atom. The van der Waals surface area contributed by atoms with Crippen LogP contribution in [0.15, 0.2) is 11.6 Å². The van der Waals surface area contributed by atoms with Gasteiger partial charge in [-0.2, -0.15) is 0 Å². The minimum absolute atomic E-state index is 0.465. The topological polar surface area (TPSA) is 12.0 Å². The number of nitrogens with one attached hydrogen (secondary N) is 1. The number of rotatable bonds is 5. The van der Waals surface area contributed by atoms with Gasteiger partial charge in [-0.1, -0.05) is 18.6 Å². The maximum atomic E-state index is 5.70. The van der Waals surface area contributed by atoms with Crippen LogP contribution < -0.4 is 5.32 Å². The van der Waals surface area contributed by atoms with Gasteiger partial charge in [0.25, 0.3) is 0 Å². The summed E-state index contributed by atoms with van der Waals surface area (Å²) in [6, 6.07) is 0.465. The van der Waals surface area contributed by atoms with E-state index in [1.165, 1.54) is 5.57 Å². The minimum atomic E-state index is 0.465. The SMILES string of the molecule is CCC(CCl)NCC=C(C)C. The maximum absolute atomic E-state index is 5.70. The van der Waals surface area contributed by atoms with Crippen molar-refractivity contribution in [1.29, 1.82) is 0 Å². The highest BCUT2D eigenvalue weighted by molar-refractivity contribution is 6.18. The van der Waals surface area contributed by atoms with Crippen molar-refractivity contribution in [2.75, 3.05) is 12.4 Å². The first-order valence-electron chi connectivity index (χ1n) is 4.13. The quantitative estimate of drug-likeness (QED) is 0.500. The van der Waals surface area contributed by atoms with Crippen LogP contribution in [-0.2, 0) is 0 Å². The molecular formula is C9H18ClN. The zero-order chi connectivity index (χ0) is 8.69. The van der Waals surface area contributed by atoms with Crippen LogP contribution >= 0.6 is 11.6 Å². The largest absolute Gasteiger partial charge is 0.309 e. The van der Waals surface area contributed by atoms with E-state index in [9.17, 15) is 0 Å². The van der Waals surface area contributed by atoms with Gasteiger partial charge in [0.05, 0.1) is 0 Å². The average Bonchev–Trinajstić information content (AvgIpc) is 1.98. The number of hydrogen-bond acceptors (Lipinski definition) is 1. The predicted octanol–water partition coefficient (Wildman–Crippen LogP) is 2.56. The van der Waals surface area contributed by atoms with Gasteiger partial charge in [0.2, 0.25) is 0 Å². The minimum Gasteiger partial charge on any atom is -0.309 e. The Kier molecular flexibility index (Phi) is 6.68. The van der Waals surface area contributed by atoms with E-state index in [0.717, 1.165) is 13.0 Å². The molecule has 0 bridgehead atoms. The number of alkyl halides is 1. The molecular weight excluding hydrogens is 158 g/mol. The summed E-state index contributed by atoms with van der Waals surface area (Å²) in [5, 5.41) is 3.34. The van der Waals surface area contributed by atoms with Crippen molar-refractivity contribution in [2.45, 2.75) is 33.2 Å². The highest BCUT2D eigenvalue weighted by Crippen LogP contribution is 1.94. The Bertz CT molecular complexity index is 113. The summed E-state index contributed by atoms with van der Waals surface area (Å²) >= 11 is 5.70. The molecule has 0 amide bonds. The maximum Gasteiger partial charge on any atom is 0.0377 e. The summed E-state index contributed by atoms with van der Waals surface area (Å²) in [4.78, 5) is 0. The molecule has 11 heavy (non-hydrogen) atoms. The standard InChI is InChI=1S/C9H18ClN/c1-4-9(7-10)11-6-5-8(2)3/h5,9,11H,4,6-7H2,1-3H3. The first-order valence-corrected chi connectivity index (χ1v) is 4.66. The van der Waals surface area contributed by atoms with Crippen molar-refractivity contribution in [3.05, 3.63) is 11.6 Å². The number of allylic oxidation sites excluding steroid dienone is 1. The molecule has 0 saturated carbocycles. The molecule has 0 fully saturated rings. The summed E-state index contributed by atoms with van der Waals surface area (Å²) in [5.74, 6) is 0.701. The fourth-order valence-electron chi connectivity index (χ4n) is 0.738. The molecule has 0 aromatic carbocycles. The van der Waals surface area contributed by atoms with Crippen LogP contribution in [0, 0.1) is 0 Å². The van der Waals surface area contributed by atoms with Crippen molar-refractivity contribution in [3.8, 4) is 0 Å². The lowest BCUT2D eigenvalue weighted by Gasteiger charge is -2.11. The Labute approximate surface area is 74.8 Å². The van der Waals surface area contributed by atoms with E-state index < -0.39 is 0 Å². The fraction of sp³-hybridized carbons (Fsp3) is 0.778. The van der Waals surface area contributed by atoms with Gasteiger partial charge in [-0.3, -0.25) is 0 Å². The van der Waals surface area contributed by atoms with E-state index in [4.69, 9.17) is 11.6 Å². The van der Waals surface area contributed by atoms with E-state index >= 15 is 0 Å². The summed E-state index contributed by atoms with van der Waals surface area (Å²) in [7, 11) is 0. The van der Waals surface area contributed by atoms with Crippen LogP contribution in [0.1, 0.15) is 27.2 Å². The third kappa shape index (κ3) is 6.39. The highest BCUT2D eigenvalue weighted by Gasteiger charge is 1.99. The Morgan fingerprint density at radius 3 is 2.55 bits per heavy atom. The van der Waals surface area contributed by atoms with Gasteiger partial charge in [-0.05, 0) is 20.3 Å². The average molecular weight is 176 g/mol. The lowest BCUT2D eigenvalue weighted by atomic mass is 10.2. The molecule has 1 atom stereocenters. The van der Waals surface area contributed by atoms with Crippen LogP contribution in [0.5, 0.6) is 0 Å². The van der Waals surface area contributed by atoms with Crippen LogP contribution in [-0.4, -0.2) is 18.5 Å². The van der Waals surface area contributed by atoms with Crippen molar-refractivity contribution < 1.29 is 0 Å². The predicted molar refractivity (Wildman–Crippen MR) is 52.2 cm³/mol. The van der Waals surface area contributed by atoms with E-state index in [1.807, 2.05) is 0 Å². The smallest absolute Gasteiger partial charge is 0.0377 e. The van der Waals surface area contributed by atoms with E-state index in [2.05, 4.69) is 32.2 Å². The lowest BCUT2D eigenvalue weighted by molar-refractivity contribution is 0.571. The Hall–Kier alpha value is -0.0100. The molecule has 0 saturated heterocycles. The lowest BCUT2D eigenvalue weighted by Crippen LogP contribution is -2.29. The molecule has 0 radical (unpaired) electrons. The summed E-state index contributed by atoms with van der Waals surface area (Å²) in [6.45, 7) is 7.28. The van der Waals surface area contributed by atoms with Crippen LogP contribution in [0.4, 0.5) is 0 Å². The summed E-state index contributed by atoms with van der Waals surface area (Å²) in [6.07, 6.45) is 3.27. The fourth-order valence-corrected chi connectivity index (χ4v) is 1.07. The molecule has 1 nitrogen and oxygen atoms in total. The van der Waals surface area contributed by atoms with Crippen LogP contribution in [0.2, 0.25) is 0 Å². The van der Waals surface area contributed by atoms with Gasteiger partial charge in [0, 0.05) is 18.5 Å². The molecule has 0 aliphatic rings. The third-order valence-corrected chi connectivity index (χ3v) is 1.97. The highest BCUT2D eigenvalue weighted by atomic mass is 35.5. The van der Waals surface area contributed by atoms with Crippen molar-refractivity contribution in [3.63, 3.8) is 0 Å². The van der Waals surface area contributed by atoms with Gasteiger partial charge in [-0.15, -0.1) is 11.6 Å². The third-order valence-electron chi connectivity index (χ3n) is 1.60. The number of hydrogen-bond donors (Lipinski definition) is 1. The van der Waals surface area contributed by atoms with Gasteiger partial charge in [0.1, 0.15) is 0 Å². The van der Waals surface area contributed by atoms with Gasteiger partial charge in [0.15, 0.2) is 0 Å². The normalized spacial score (nSPS) is 12.7. The molecule has 0 heterocycles. The van der Waals surface area contributed by atoms with E-state index in [0.29, 0.717) is 11.9 Å². The molecule has 0 spiro atoms. The summed E-state index contributed by atoms with van der Waals surface area (Å²) < 4.78 is 0. The van der Waals surface area contributed by atoms with Crippen molar-refractivity contribution in [2.24, 2.45) is 0 Å². The first kappa shape index (κ1) is 11.0. The Morgan fingerprint density at radius 1 is 1.55 bits per heavy atom. The molecule has 1 unspecified atom stereocenters. The molecule has 0 aromatic rings. The zero-order valence-corrected chi connectivity index (χ0v) is 8.41. The Balaban J connectivity index is 3.43. The summed E-state index contributed by atoms with van der Waals surface area (Å²) in [5.41, 5.74) is 1.35. The second kappa shape index (κ2) is 6.68. The zero-order valence-electron chi connectivity index (χ0n) is 7.65. The molecule has 66 valence electrons. The monoisotopic (exact) mass is 175 g/mol. The van der Waals surface area contributed by atoms with Crippen LogP contribution in [0.25, 0.3) is 0 Å². The van der Waals surface area contributed by atoms with Crippen LogP contribution in [0.3, 0.4) is 0 Å². The molecule has 0 aromatic heterocycles. The molecule has 1 N–H and O–H groups in total. The van der Waals surface area contributed by atoms with Gasteiger partial charge < -0.3 is 5.32 Å². The molecule has 0 aliphatic carbocycles. The van der Waals surface area contributed by atoms with E-state index in [1.54, 1.807) is 0 Å². The second-order valence-electron chi connectivity index (χ2n) is 2.95. The second-order valence-corrected chi connectivity index (χ2v) is 3.26. The van der Waals surface area contributed by atoms with Crippen molar-refractivity contribution in [1.82, 2.24) is 5.32 Å². The van der Waals surface area contributed by atoms with Crippen molar-refractivity contribution >= 4 is 11.6 Å². The first-order chi connectivity index (χ1) is 5.20. The number of halogens is 1. The molecule has 0 aliphatic heterocycles. The van der Waals surface area contributed by atoms with Gasteiger partial charge >= 0.3 is 0 Å². The molecule has 0 rings (SSSR count).